The van der Waals surface area contributed by atoms with Crippen molar-refractivity contribution in [1.29, 1.82) is 0 Å². The smallest absolute Gasteiger partial charge is 0.261 e. The molecule has 2 aliphatic rings. The Labute approximate surface area is 189 Å². The van der Waals surface area contributed by atoms with E-state index in [-0.39, 0.29) is 24.3 Å². The molecule has 1 heterocycles. The first-order valence-corrected chi connectivity index (χ1v) is 11.5. The number of benzene rings is 2. The second kappa shape index (κ2) is 9.74. The molecule has 0 radical (unpaired) electrons. The van der Waals surface area contributed by atoms with Crippen LogP contribution in [0.25, 0.3) is 0 Å². The average Bonchev–Trinajstić information content (AvgIpc) is 3.35. The van der Waals surface area contributed by atoms with Gasteiger partial charge >= 0.3 is 0 Å². The van der Waals surface area contributed by atoms with Crippen molar-refractivity contribution in [3.8, 4) is 5.75 Å². The van der Waals surface area contributed by atoms with Gasteiger partial charge in [-0.3, -0.25) is 9.59 Å². The average molecular weight is 437 g/mol. The number of nitrogens with one attached hydrogen (secondary N) is 1. The summed E-state index contributed by atoms with van der Waals surface area (Å²) in [5.74, 6) is 0.420. The summed E-state index contributed by atoms with van der Waals surface area (Å²) in [6.45, 7) is 2.04. The fourth-order valence-electron chi connectivity index (χ4n) is 4.90. The van der Waals surface area contributed by atoms with Crippen LogP contribution in [0.3, 0.4) is 0 Å². The lowest BCUT2D eigenvalue weighted by Crippen LogP contribution is -2.64. The summed E-state index contributed by atoms with van der Waals surface area (Å²) in [5, 5.41) is 14.4. The van der Waals surface area contributed by atoms with Crippen molar-refractivity contribution in [2.75, 3.05) is 13.2 Å². The number of piperidine rings is 1. The maximum absolute atomic E-state index is 13.3. The molecule has 1 saturated heterocycles. The molecule has 6 nitrogen and oxygen atoms in total. The Morgan fingerprint density at radius 3 is 2.34 bits per heavy atom. The molecule has 2 aromatic carbocycles. The molecule has 6 heteroatoms. The van der Waals surface area contributed by atoms with E-state index in [4.69, 9.17) is 4.74 Å². The summed E-state index contributed by atoms with van der Waals surface area (Å²) in [5.41, 5.74) is -0.247. The van der Waals surface area contributed by atoms with Gasteiger partial charge in [0, 0.05) is 12.5 Å². The van der Waals surface area contributed by atoms with E-state index >= 15 is 0 Å². The third kappa shape index (κ3) is 4.96. The fraction of sp³-hybridized carbons (Fsp3) is 0.462. The van der Waals surface area contributed by atoms with Gasteiger partial charge in [-0.25, -0.2) is 0 Å². The maximum Gasteiger partial charge on any atom is 0.261 e. The highest BCUT2D eigenvalue weighted by atomic mass is 16.5. The zero-order valence-electron chi connectivity index (χ0n) is 18.6. The van der Waals surface area contributed by atoms with Gasteiger partial charge in [-0.15, -0.1) is 0 Å². The molecule has 2 N–H and O–H groups in total. The van der Waals surface area contributed by atoms with Gasteiger partial charge in [0.05, 0.1) is 17.7 Å². The minimum absolute atomic E-state index is 0.0188. The highest BCUT2D eigenvalue weighted by Crippen LogP contribution is 2.38. The van der Waals surface area contributed by atoms with Gasteiger partial charge in [-0.2, -0.15) is 0 Å². The Morgan fingerprint density at radius 1 is 1.06 bits per heavy atom. The number of para-hydroxylation sites is 1. The van der Waals surface area contributed by atoms with Crippen LogP contribution in [0.5, 0.6) is 5.75 Å². The van der Waals surface area contributed by atoms with E-state index in [2.05, 4.69) is 5.32 Å². The zero-order valence-corrected chi connectivity index (χ0v) is 18.6. The van der Waals surface area contributed by atoms with Crippen LogP contribution in [0.15, 0.2) is 60.7 Å². The number of rotatable bonds is 6. The lowest BCUT2D eigenvalue weighted by molar-refractivity contribution is -0.148. The monoisotopic (exact) mass is 436 g/mol. The Morgan fingerprint density at radius 2 is 1.69 bits per heavy atom. The third-order valence-electron chi connectivity index (χ3n) is 6.77. The van der Waals surface area contributed by atoms with E-state index in [1.54, 1.807) is 11.8 Å². The summed E-state index contributed by atoms with van der Waals surface area (Å²) in [7, 11) is 0. The van der Waals surface area contributed by atoms with Crippen LogP contribution >= 0.6 is 0 Å². The number of amides is 2. The molecule has 1 aliphatic heterocycles. The van der Waals surface area contributed by atoms with Gasteiger partial charge in [0.1, 0.15) is 5.75 Å². The topological polar surface area (TPSA) is 78.9 Å². The van der Waals surface area contributed by atoms with Gasteiger partial charge in [-0.1, -0.05) is 61.4 Å². The first-order chi connectivity index (χ1) is 15.5. The molecular weight excluding hydrogens is 404 g/mol. The number of ether oxygens (including phenoxy) is 1. The van der Waals surface area contributed by atoms with Crippen LogP contribution in [-0.4, -0.2) is 46.6 Å². The highest BCUT2D eigenvalue weighted by molar-refractivity contribution is 5.81. The molecule has 3 atom stereocenters. The normalized spacial score (nSPS) is 26.0. The van der Waals surface area contributed by atoms with Crippen molar-refractivity contribution in [3.63, 3.8) is 0 Å². The molecule has 170 valence electrons. The van der Waals surface area contributed by atoms with E-state index < -0.39 is 17.7 Å². The fourth-order valence-corrected chi connectivity index (χ4v) is 4.90. The number of carbonyl (C=O) groups excluding carboxylic acids is 2. The molecule has 1 saturated carbocycles. The number of hydrogen-bond acceptors (Lipinski definition) is 4. The molecule has 2 amide bonds. The Bertz CT molecular complexity index is 910. The highest BCUT2D eigenvalue weighted by Gasteiger charge is 2.48. The molecule has 32 heavy (non-hydrogen) atoms. The summed E-state index contributed by atoms with van der Waals surface area (Å²) >= 11 is 0. The minimum Gasteiger partial charge on any atom is -0.484 e. The first-order valence-electron chi connectivity index (χ1n) is 11.5. The standard InChI is InChI=1S/C26H32N2O4/c1-26(31)16-17-28(22(29)18-32-21-14-6-3-7-15-21)23(19-10-4-2-5-11-19)24(26)27-25(30)20-12-8-9-13-20/h2-7,10-11,14-15,20,23-24,31H,8-9,12-13,16-18H2,1H3,(H,27,30). The van der Waals surface area contributed by atoms with E-state index in [1.807, 2.05) is 60.7 Å². The Kier molecular flexibility index (Phi) is 6.80. The van der Waals surface area contributed by atoms with E-state index in [0.29, 0.717) is 18.7 Å². The quantitative estimate of drug-likeness (QED) is 0.727. The molecule has 4 rings (SSSR count). The van der Waals surface area contributed by atoms with Crippen LogP contribution in [-0.2, 0) is 9.59 Å². The molecular formula is C26H32N2O4. The van der Waals surface area contributed by atoms with Gasteiger partial charge in [0.15, 0.2) is 6.61 Å². The number of nitrogens with zero attached hydrogens (tertiary/aromatic N) is 1. The number of hydrogen-bond donors (Lipinski definition) is 2. The van der Waals surface area contributed by atoms with Gasteiger partial charge in [0.25, 0.3) is 5.91 Å². The van der Waals surface area contributed by atoms with Crippen LogP contribution < -0.4 is 10.1 Å². The van der Waals surface area contributed by atoms with Gasteiger partial charge < -0.3 is 20.1 Å². The predicted molar refractivity (Wildman–Crippen MR) is 122 cm³/mol. The van der Waals surface area contributed by atoms with E-state index in [0.717, 1.165) is 31.2 Å². The zero-order chi connectivity index (χ0) is 22.6. The lowest BCUT2D eigenvalue weighted by Gasteiger charge is -2.49. The summed E-state index contributed by atoms with van der Waals surface area (Å²) in [6, 6.07) is 17.8. The van der Waals surface area contributed by atoms with E-state index in [9.17, 15) is 14.7 Å². The molecule has 0 aromatic heterocycles. The van der Waals surface area contributed by atoms with Crippen LogP contribution in [0.1, 0.15) is 50.6 Å². The van der Waals surface area contributed by atoms with Crippen LogP contribution in [0.4, 0.5) is 0 Å². The third-order valence-corrected chi connectivity index (χ3v) is 6.77. The SMILES string of the molecule is CC1(O)CCN(C(=O)COc2ccccc2)C(c2ccccc2)C1NC(=O)C1CCCC1. The van der Waals surface area contributed by atoms with Gasteiger partial charge in [0.2, 0.25) is 5.91 Å². The second-order valence-electron chi connectivity index (χ2n) is 9.12. The van der Waals surface area contributed by atoms with Crippen molar-refractivity contribution in [2.24, 2.45) is 5.92 Å². The predicted octanol–water partition coefficient (Wildman–Crippen LogP) is 3.47. The van der Waals surface area contributed by atoms with Crippen molar-refractivity contribution in [3.05, 3.63) is 66.2 Å². The maximum atomic E-state index is 13.3. The number of carbonyl (C=O) groups is 2. The molecule has 0 bridgehead atoms. The number of likely N-dealkylation sites (tertiary alicyclic amines) is 1. The largest absolute Gasteiger partial charge is 0.484 e. The van der Waals surface area contributed by atoms with E-state index in [1.165, 1.54) is 0 Å². The summed E-state index contributed by atoms with van der Waals surface area (Å²) < 4.78 is 5.71. The van der Waals surface area contributed by atoms with Crippen molar-refractivity contribution >= 4 is 11.8 Å². The summed E-state index contributed by atoms with van der Waals surface area (Å²) in [4.78, 5) is 28.0. The van der Waals surface area contributed by atoms with Crippen molar-refractivity contribution < 1.29 is 19.4 Å². The van der Waals surface area contributed by atoms with Crippen molar-refractivity contribution in [1.82, 2.24) is 10.2 Å². The molecule has 2 aromatic rings. The van der Waals surface area contributed by atoms with Crippen molar-refractivity contribution in [2.45, 2.75) is 56.7 Å². The second-order valence-corrected chi connectivity index (χ2v) is 9.12. The first kappa shape index (κ1) is 22.3. The molecule has 3 unspecified atom stereocenters. The Balaban J connectivity index is 1.58. The lowest BCUT2D eigenvalue weighted by atomic mass is 9.79. The van der Waals surface area contributed by atoms with Crippen LogP contribution in [0.2, 0.25) is 0 Å². The molecule has 0 spiro atoms. The molecule has 2 fully saturated rings. The van der Waals surface area contributed by atoms with Gasteiger partial charge in [-0.05, 0) is 43.9 Å². The number of aliphatic hydroxyl groups is 1. The minimum atomic E-state index is -1.13. The Hall–Kier alpha value is -2.86. The van der Waals surface area contributed by atoms with Crippen LogP contribution in [0, 0.1) is 5.92 Å². The summed E-state index contributed by atoms with van der Waals surface area (Å²) in [6.07, 6.45) is 4.25. The molecule has 1 aliphatic carbocycles.